The Labute approximate surface area is 126 Å². The topological polar surface area (TPSA) is 71.2 Å². The number of halogens is 1. The van der Waals surface area contributed by atoms with Gasteiger partial charge in [-0.3, -0.25) is 9.59 Å². The summed E-state index contributed by atoms with van der Waals surface area (Å²) in [6, 6.07) is 2.49. The zero-order valence-corrected chi connectivity index (χ0v) is 12.5. The molecule has 22 heavy (non-hydrogen) atoms. The number of aryl methyl sites for hydroxylation is 1. The quantitative estimate of drug-likeness (QED) is 0.890. The highest BCUT2D eigenvalue weighted by molar-refractivity contribution is 5.97. The van der Waals surface area contributed by atoms with Gasteiger partial charge in [0.05, 0.1) is 17.7 Å². The fraction of sp³-hybridized carbons (Fsp3) is 0.375. The SMILES string of the molecule is Cc1cc(F)cc2c(=O)c(C(=O)N[C@]3(C)CCOC3)c[nH]c12. The standard InChI is InChI=1S/C16H17FN2O3/c1-9-5-10(17)6-11-13(9)18-7-12(14(11)20)15(21)19-16(2)3-4-22-8-16/h5-7H,3-4,8H2,1-2H3,(H,18,20)(H,19,21)/t16-/m1/s1. The highest BCUT2D eigenvalue weighted by Crippen LogP contribution is 2.19. The first-order valence-corrected chi connectivity index (χ1v) is 7.11. The molecule has 5 nitrogen and oxygen atoms in total. The third-order valence-electron chi connectivity index (χ3n) is 4.03. The molecule has 0 spiro atoms. The maximum absolute atomic E-state index is 13.5. The molecule has 0 radical (unpaired) electrons. The van der Waals surface area contributed by atoms with Crippen molar-refractivity contribution in [3.63, 3.8) is 0 Å². The van der Waals surface area contributed by atoms with Crippen LogP contribution in [0.3, 0.4) is 0 Å². The van der Waals surface area contributed by atoms with Crippen LogP contribution in [0.5, 0.6) is 0 Å². The summed E-state index contributed by atoms with van der Waals surface area (Å²) in [4.78, 5) is 27.7. The molecule has 1 amide bonds. The third-order valence-corrected chi connectivity index (χ3v) is 4.03. The summed E-state index contributed by atoms with van der Waals surface area (Å²) in [5.41, 5.74) is 0.187. The predicted molar refractivity (Wildman–Crippen MR) is 80.6 cm³/mol. The number of hydrogen-bond acceptors (Lipinski definition) is 3. The van der Waals surface area contributed by atoms with Crippen molar-refractivity contribution in [2.24, 2.45) is 0 Å². The molecule has 2 N–H and O–H groups in total. The summed E-state index contributed by atoms with van der Waals surface area (Å²) >= 11 is 0. The second-order valence-corrected chi connectivity index (χ2v) is 5.99. The maximum Gasteiger partial charge on any atom is 0.257 e. The molecule has 3 rings (SSSR count). The first kappa shape index (κ1) is 14.7. The normalized spacial score (nSPS) is 21.2. The second-order valence-electron chi connectivity index (χ2n) is 5.99. The van der Waals surface area contributed by atoms with Gasteiger partial charge in [-0.2, -0.15) is 0 Å². The van der Waals surface area contributed by atoms with E-state index < -0.39 is 22.7 Å². The Morgan fingerprint density at radius 3 is 2.91 bits per heavy atom. The van der Waals surface area contributed by atoms with Gasteiger partial charge in [0.25, 0.3) is 5.91 Å². The molecule has 0 bridgehead atoms. The van der Waals surface area contributed by atoms with Gasteiger partial charge < -0.3 is 15.0 Å². The summed E-state index contributed by atoms with van der Waals surface area (Å²) < 4.78 is 18.8. The first-order chi connectivity index (χ1) is 10.4. The van der Waals surface area contributed by atoms with Crippen molar-refractivity contribution in [1.82, 2.24) is 10.3 Å². The number of hydrogen-bond donors (Lipinski definition) is 2. The Morgan fingerprint density at radius 1 is 1.45 bits per heavy atom. The van der Waals surface area contributed by atoms with Crippen LogP contribution in [0.2, 0.25) is 0 Å². The van der Waals surface area contributed by atoms with Crippen molar-refractivity contribution in [1.29, 1.82) is 0 Å². The Hall–Kier alpha value is -2.21. The highest BCUT2D eigenvalue weighted by atomic mass is 19.1. The minimum Gasteiger partial charge on any atom is -0.379 e. The largest absolute Gasteiger partial charge is 0.379 e. The minimum absolute atomic E-state index is 0.0226. The molecule has 1 atom stereocenters. The molecule has 1 aliphatic rings. The first-order valence-electron chi connectivity index (χ1n) is 7.11. The van der Waals surface area contributed by atoms with E-state index in [2.05, 4.69) is 10.3 Å². The number of aromatic nitrogens is 1. The van der Waals surface area contributed by atoms with Crippen LogP contribution in [0.15, 0.2) is 23.1 Å². The van der Waals surface area contributed by atoms with Crippen LogP contribution < -0.4 is 10.7 Å². The molecule has 2 heterocycles. The van der Waals surface area contributed by atoms with Crippen LogP contribution >= 0.6 is 0 Å². The average Bonchev–Trinajstić information content (AvgIpc) is 2.86. The van der Waals surface area contributed by atoms with Gasteiger partial charge in [-0.05, 0) is 38.0 Å². The van der Waals surface area contributed by atoms with E-state index in [0.717, 1.165) is 6.07 Å². The van der Waals surface area contributed by atoms with Gasteiger partial charge in [-0.15, -0.1) is 0 Å². The lowest BCUT2D eigenvalue weighted by Gasteiger charge is -2.23. The third kappa shape index (κ3) is 2.50. The van der Waals surface area contributed by atoms with Crippen LogP contribution in [0.4, 0.5) is 4.39 Å². The summed E-state index contributed by atoms with van der Waals surface area (Å²) in [7, 11) is 0. The van der Waals surface area contributed by atoms with Gasteiger partial charge in [0.2, 0.25) is 5.43 Å². The summed E-state index contributed by atoms with van der Waals surface area (Å²) in [5, 5.41) is 3.01. The Kier molecular flexibility index (Phi) is 3.48. The molecule has 1 aromatic heterocycles. The lowest BCUT2D eigenvalue weighted by molar-refractivity contribution is 0.0888. The van der Waals surface area contributed by atoms with Crippen molar-refractivity contribution in [2.75, 3.05) is 13.2 Å². The minimum atomic E-state index is -0.496. The molecule has 0 aliphatic carbocycles. The Bertz CT molecular complexity index is 807. The second kappa shape index (κ2) is 5.21. The fourth-order valence-corrected chi connectivity index (χ4v) is 2.74. The lowest BCUT2D eigenvalue weighted by Crippen LogP contribution is -2.47. The molecule has 1 fully saturated rings. The van der Waals surface area contributed by atoms with E-state index in [-0.39, 0.29) is 10.9 Å². The zero-order valence-electron chi connectivity index (χ0n) is 12.5. The van der Waals surface area contributed by atoms with E-state index in [9.17, 15) is 14.0 Å². The number of nitrogens with one attached hydrogen (secondary N) is 2. The summed E-state index contributed by atoms with van der Waals surface area (Å²) in [5.74, 6) is -0.970. The van der Waals surface area contributed by atoms with E-state index in [4.69, 9.17) is 4.74 Å². The molecule has 6 heteroatoms. The zero-order chi connectivity index (χ0) is 15.9. The van der Waals surface area contributed by atoms with Crippen LogP contribution in [0, 0.1) is 12.7 Å². The fourth-order valence-electron chi connectivity index (χ4n) is 2.74. The number of aromatic amines is 1. The number of carbonyl (C=O) groups is 1. The van der Waals surface area contributed by atoms with Crippen LogP contribution in [-0.2, 0) is 4.74 Å². The number of H-pyrrole nitrogens is 1. The monoisotopic (exact) mass is 304 g/mol. The van der Waals surface area contributed by atoms with Crippen molar-refractivity contribution in [2.45, 2.75) is 25.8 Å². The van der Waals surface area contributed by atoms with Gasteiger partial charge in [0.1, 0.15) is 11.4 Å². The van der Waals surface area contributed by atoms with E-state index in [1.165, 1.54) is 12.3 Å². The molecule has 1 saturated heterocycles. The van der Waals surface area contributed by atoms with Crippen molar-refractivity contribution < 1.29 is 13.9 Å². The number of carbonyl (C=O) groups excluding carboxylic acids is 1. The van der Waals surface area contributed by atoms with Crippen molar-refractivity contribution >= 4 is 16.8 Å². The number of amides is 1. The Balaban J connectivity index is 2.03. The van der Waals surface area contributed by atoms with Crippen molar-refractivity contribution in [3.8, 4) is 0 Å². The molecule has 1 aliphatic heterocycles. The lowest BCUT2D eigenvalue weighted by atomic mass is 10.0. The number of pyridine rings is 1. The predicted octanol–water partition coefficient (Wildman–Crippen LogP) is 1.88. The smallest absolute Gasteiger partial charge is 0.257 e. The number of rotatable bonds is 2. The summed E-state index contributed by atoms with van der Waals surface area (Å²) in [6.45, 7) is 4.57. The molecule has 0 saturated carbocycles. The molecule has 1 aromatic carbocycles. The maximum atomic E-state index is 13.5. The van der Waals surface area contributed by atoms with Crippen molar-refractivity contribution in [3.05, 3.63) is 45.5 Å². The van der Waals surface area contributed by atoms with Crippen LogP contribution in [-0.4, -0.2) is 29.6 Å². The Morgan fingerprint density at radius 2 is 2.23 bits per heavy atom. The number of benzene rings is 1. The van der Waals surface area contributed by atoms with Gasteiger partial charge in [0, 0.05) is 18.2 Å². The van der Waals surface area contributed by atoms with E-state index in [0.29, 0.717) is 30.7 Å². The molecule has 0 unspecified atom stereocenters. The van der Waals surface area contributed by atoms with Gasteiger partial charge in [-0.25, -0.2) is 4.39 Å². The van der Waals surface area contributed by atoms with E-state index >= 15 is 0 Å². The van der Waals surface area contributed by atoms with E-state index in [1.54, 1.807) is 6.92 Å². The van der Waals surface area contributed by atoms with Gasteiger partial charge in [0.15, 0.2) is 0 Å². The van der Waals surface area contributed by atoms with Gasteiger partial charge >= 0.3 is 0 Å². The highest BCUT2D eigenvalue weighted by Gasteiger charge is 2.32. The van der Waals surface area contributed by atoms with Crippen LogP contribution in [0.1, 0.15) is 29.3 Å². The molecular weight excluding hydrogens is 287 g/mol. The number of fused-ring (bicyclic) bond motifs is 1. The molecule has 116 valence electrons. The number of ether oxygens (including phenoxy) is 1. The molecule has 2 aromatic rings. The average molecular weight is 304 g/mol. The summed E-state index contributed by atoms with van der Waals surface area (Å²) in [6.07, 6.45) is 2.07. The molecular formula is C16H17FN2O3. The van der Waals surface area contributed by atoms with Gasteiger partial charge in [-0.1, -0.05) is 0 Å². The van der Waals surface area contributed by atoms with E-state index in [1.807, 2.05) is 6.92 Å². The van der Waals surface area contributed by atoms with Crippen LogP contribution in [0.25, 0.3) is 10.9 Å².